The Bertz CT molecular complexity index is 1140. The lowest BCUT2D eigenvalue weighted by atomic mass is 9.96. The van der Waals surface area contributed by atoms with E-state index < -0.39 is 11.7 Å². The lowest BCUT2D eigenvalue weighted by Gasteiger charge is -2.13. The maximum atomic E-state index is 13.4. The number of amides is 2. The Labute approximate surface area is 191 Å². The second kappa shape index (κ2) is 10.2. The van der Waals surface area contributed by atoms with Crippen molar-refractivity contribution in [3.05, 3.63) is 65.6 Å². The third kappa shape index (κ3) is 6.61. The Morgan fingerprint density at radius 2 is 1.91 bits per heavy atom. The molecule has 0 aliphatic rings. The van der Waals surface area contributed by atoms with Gasteiger partial charge in [0, 0.05) is 29.5 Å². The van der Waals surface area contributed by atoms with Gasteiger partial charge in [-0.3, -0.25) is 9.59 Å². The first kappa shape index (κ1) is 23.9. The molecule has 0 saturated heterocycles. The molecule has 2 amide bonds. The third-order valence-electron chi connectivity index (χ3n) is 4.75. The summed E-state index contributed by atoms with van der Waals surface area (Å²) in [6, 6.07) is 10.2. The van der Waals surface area contributed by atoms with E-state index in [9.17, 15) is 14.0 Å². The topological polar surface area (TPSA) is 106 Å². The average molecular weight is 455 g/mol. The number of hydrogen-bond acceptors (Lipinski definition) is 6. The van der Waals surface area contributed by atoms with Crippen LogP contribution in [0.25, 0.3) is 0 Å². The molecule has 8 nitrogen and oxygen atoms in total. The molecule has 174 valence electrons. The Hall–Kier alpha value is -3.75. The van der Waals surface area contributed by atoms with E-state index in [1.54, 1.807) is 18.2 Å². The van der Waals surface area contributed by atoms with E-state index in [1.165, 1.54) is 25.3 Å². The quantitative estimate of drug-likeness (QED) is 0.510. The Morgan fingerprint density at radius 1 is 1.12 bits per heavy atom. The monoisotopic (exact) mass is 454 g/mol. The first-order valence-electron chi connectivity index (χ1n) is 10.5. The number of halogens is 1. The van der Waals surface area contributed by atoms with Crippen LogP contribution >= 0.6 is 0 Å². The zero-order valence-electron chi connectivity index (χ0n) is 19.1. The van der Waals surface area contributed by atoms with E-state index in [0.29, 0.717) is 41.7 Å². The van der Waals surface area contributed by atoms with Crippen LogP contribution in [0.1, 0.15) is 55.7 Å². The van der Waals surface area contributed by atoms with Gasteiger partial charge in [0.15, 0.2) is 5.82 Å². The predicted molar refractivity (Wildman–Crippen MR) is 122 cm³/mol. The van der Waals surface area contributed by atoms with Crippen LogP contribution in [0.15, 0.2) is 47.0 Å². The lowest BCUT2D eigenvalue weighted by Crippen LogP contribution is -2.15. The van der Waals surface area contributed by atoms with Crippen LogP contribution in [0.4, 0.5) is 15.8 Å². The molecule has 33 heavy (non-hydrogen) atoms. The highest BCUT2D eigenvalue weighted by Gasteiger charge is 2.21. The van der Waals surface area contributed by atoms with Crippen molar-refractivity contribution in [2.24, 2.45) is 0 Å². The molecule has 0 radical (unpaired) electrons. The minimum atomic E-state index is -0.509. The molecule has 0 aliphatic carbocycles. The molecule has 3 aromatic rings. The van der Waals surface area contributed by atoms with Crippen LogP contribution < -0.4 is 15.4 Å². The summed E-state index contributed by atoms with van der Waals surface area (Å²) in [5, 5.41) is 9.46. The van der Waals surface area contributed by atoms with Crippen molar-refractivity contribution in [3.8, 4) is 5.75 Å². The summed E-state index contributed by atoms with van der Waals surface area (Å²) in [7, 11) is 1.47. The zero-order chi connectivity index (χ0) is 24.0. The van der Waals surface area contributed by atoms with Crippen molar-refractivity contribution < 1.29 is 23.2 Å². The van der Waals surface area contributed by atoms with Gasteiger partial charge in [0.1, 0.15) is 11.6 Å². The van der Waals surface area contributed by atoms with Gasteiger partial charge in [-0.25, -0.2) is 4.39 Å². The van der Waals surface area contributed by atoms with Crippen molar-refractivity contribution >= 4 is 23.2 Å². The van der Waals surface area contributed by atoms with Crippen LogP contribution in [0.3, 0.4) is 0 Å². The lowest BCUT2D eigenvalue weighted by molar-refractivity contribution is -0.116. The van der Waals surface area contributed by atoms with Gasteiger partial charge in [0.05, 0.1) is 12.8 Å². The fourth-order valence-electron chi connectivity index (χ4n) is 2.99. The highest BCUT2D eigenvalue weighted by molar-refractivity contribution is 6.05. The van der Waals surface area contributed by atoms with E-state index in [1.807, 2.05) is 20.8 Å². The Balaban J connectivity index is 1.58. The maximum absolute atomic E-state index is 13.4. The number of hydrogen-bond donors (Lipinski definition) is 2. The van der Waals surface area contributed by atoms with Crippen molar-refractivity contribution in [2.45, 2.75) is 45.4 Å². The molecule has 0 saturated carbocycles. The molecule has 2 aromatic carbocycles. The van der Waals surface area contributed by atoms with Crippen LogP contribution in [0, 0.1) is 5.82 Å². The number of carbonyl (C=O) groups excluding carboxylic acids is 2. The molecule has 0 unspecified atom stereocenters. The molecule has 3 rings (SSSR count). The van der Waals surface area contributed by atoms with Crippen LogP contribution in [0.2, 0.25) is 0 Å². The fraction of sp³-hybridized carbons (Fsp3) is 0.333. The summed E-state index contributed by atoms with van der Waals surface area (Å²) in [5.74, 6) is 0.339. The molecule has 1 heterocycles. The first-order chi connectivity index (χ1) is 15.7. The van der Waals surface area contributed by atoms with Gasteiger partial charge in [-0.15, -0.1) is 0 Å². The molecule has 0 fully saturated rings. The summed E-state index contributed by atoms with van der Waals surface area (Å²) < 4.78 is 23.9. The summed E-state index contributed by atoms with van der Waals surface area (Å²) in [6.45, 7) is 6.00. The molecule has 0 atom stereocenters. The minimum Gasteiger partial charge on any atom is -0.495 e. The third-order valence-corrected chi connectivity index (χ3v) is 4.75. The fourth-order valence-corrected chi connectivity index (χ4v) is 2.99. The van der Waals surface area contributed by atoms with E-state index in [4.69, 9.17) is 9.26 Å². The molecule has 2 N–H and O–H groups in total. The van der Waals surface area contributed by atoms with E-state index >= 15 is 0 Å². The normalized spacial score (nSPS) is 11.2. The SMILES string of the molecule is COc1ccc(NC(=O)CCCc2nc(C(C)(C)C)no2)cc1NC(=O)c1cccc(F)c1. The van der Waals surface area contributed by atoms with Crippen molar-refractivity contribution in [1.29, 1.82) is 0 Å². The number of ether oxygens (including phenoxy) is 1. The Morgan fingerprint density at radius 3 is 2.58 bits per heavy atom. The number of nitrogens with zero attached hydrogens (tertiary/aromatic N) is 2. The number of carbonyl (C=O) groups is 2. The summed E-state index contributed by atoms with van der Waals surface area (Å²) >= 11 is 0. The largest absolute Gasteiger partial charge is 0.495 e. The highest BCUT2D eigenvalue weighted by atomic mass is 19.1. The first-order valence-corrected chi connectivity index (χ1v) is 10.5. The predicted octanol–water partition coefficient (Wildman–Crippen LogP) is 4.73. The molecule has 0 aliphatic heterocycles. The summed E-state index contributed by atoms with van der Waals surface area (Å²) in [5.41, 5.74) is 0.811. The van der Waals surface area contributed by atoms with Crippen molar-refractivity contribution in [2.75, 3.05) is 17.7 Å². The van der Waals surface area contributed by atoms with Gasteiger partial charge in [0.2, 0.25) is 11.8 Å². The van der Waals surface area contributed by atoms with E-state index in [2.05, 4.69) is 20.8 Å². The number of aromatic nitrogens is 2. The second-order valence-electron chi connectivity index (χ2n) is 8.54. The van der Waals surface area contributed by atoms with E-state index in [0.717, 1.165) is 6.07 Å². The standard InChI is InChI=1S/C24H27FN4O4/c1-24(2,3)23-28-21(33-29-23)10-6-9-20(30)26-17-11-12-19(32-4)18(14-17)27-22(31)15-7-5-8-16(25)13-15/h5,7-8,11-14H,6,9-10H2,1-4H3,(H,26,30)(H,27,31). The van der Waals surface area contributed by atoms with Gasteiger partial charge in [-0.1, -0.05) is 32.0 Å². The average Bonchev–Trinajstić information content (AvgIpc) is 3.23. The van der Waals surface area contributed by atoms with Gasteiger partial charge in [-0.05, 0) is 42.8 Å². The van der Waals surface area contributed by atoms with Crippen LogP contribution in [-0.4, -0.2) is 29.1 Å². The molecule has 0 spiro atoms. The number of nitrogens with one attached hydrogen (secondary N) is 2. The number of anilines is 2. The zero-order valence-corrected chi connectivity index (χ0v) is 19.1. The van der Waals surface area contributed by atoms with Gasteiger partial charge in [0.25, 0.3) is 5.91 Å². The van der Waals surface area contributed by atoms with Crippen molar-refractivity contribution in [1.82, 2.24) is 10.1 Å². The number of aryl methyl sites for hydroxylation is 1. The second-order valence-corrected chi connectivity index (χ2v) is 8.54. The number of benzene rings is 2. The number of methoxy groups -OCH3 is 1. The molecule has 0 bridgehead atoms. The Kier molecular flexibility index (Phi) is 7.42. The summed E-state index contributed by atoms with van der Waals surface area (Å²) in [4.78, 5) is 29.2. The molecule has 1 aromatic heterocycles. The molecular formula is C24H27FN4O4. The van der Waals surface area contributed by atoms with Gasteiger partial charge < -0.3 is 19.9 Å². The minimum absolute atomic E-state index is 0.169. The van der Waals surface area contributed by atoms with Crippen molar-refractivity contribution in [3.63, 3.8) is 0 Å². The smallest absolute Gasteiger partial charge is 0.255 e. The van der Waals surface area contributed by atoms with E-state index in [-0.39, 0.29) is 23.3 Å². The maximum Gasteiger partial charge on any atom is 0.255 e. The van der Waals surface area contributed by atoms with Crippen LogP contribution in [-0.2, 0) is 16.6 Å². The van der Waals surface area contributed by atoms with Gasteiger partial charge >= 0.3 is 0 Å². The highest BCUT2D eigenvalue weighted by Crippen LogP contribution is 2.28. The molecule has 9 heteroatoms. The van der Waals surface area contributed by atoms with Gasteiger partial charge in [-0.2, -0.15) is 4.98 Å². The number of rotatable bonds is 8. The molecular weight excluding hydrogens is 427 g/mol. The summed E-state index contributed by atoms with van der Waals surface area (Å²) in [6.07, 6.45) is 1.29. The van der Waals surface area contributed by atoms with Crippen LogP contribution in [0.5, 0.6) is 5.75 Å².